The summed E-state index contributed by atoms with van der Waals surface area (Å²) in [7, 11) is 0. The van der Waals surface area contributed by atoms with Gasteiger partial charge < -0.3 is 11.1 Å². The minimum atomic E-state index is 0.751. The van der Waals surface area contributed by atoms with Gasteiger partial charge in [-0.3, -0.25) is 4.98 Å². The van der Waals surface area contributed by atoms with Gasteiger partial charge in [0.05, 0.1) is 16.9 Å². The first-order valence-corrected chi connectivity index (χ1v) is 7.33. The number of pyridine rings is 1. The maximum atomic E-state index is 6.28. The third-order valence-electron chi connectivity index (χ3n) is 4.20. The molecule has 0 radical (unpaired) electrons. The second-order valence-corrected chi connectivity index (χ2v) is 5.56. The zero-order chi connectivity index (χ0) is 14.2. The monoisotopic (exact) mass is 275 g/mol. The van der Waals surface area contributed by atoms with Crippen molar-refractivity contribution in [1.29, 1.82) is 0 Å². The van der Waals surface area contributed by atoms with Crippen LogP contribution in [0.15, 0.2) is 48.7 Å². The molecule has 3 N–H and O–H groups in total. The Morgan fingerprint density at radius 2 is 1.90 bits per heavy atom. The van der Waals surface area contributed by atoms with Gasteiger partial charge in [0.25, 0.3) is 0 Å². The van der Waals surface area contributed by atoms with Gasteiger partial charge in [0, 0.05) is 17.3 Å². The summed E-state index contributed by atoms with van der Waals surface area (Å²) in [4.78, 5) is 4.33. The Balaban J connectivity index is 1.72. The van der Waals surface area contributed by atoms with Crippen molar-refractivity contribution >= 4 is 28.0 Å². The highest BCUT2D eigenvalue weighted by Crippen LogP contribution is 2.31. The number of aryl methyl sites for hydroxylation is 2. The lowest BCUT2D eigenvalue weighted by atomic mass is 10.1. The molecule has 0 aliphatic heterocycles. The molecule has 3 aromatic rings. The van der Waals surface area contributed by atoms with E-state index in [1.54, 1.807) is 6.20 Å². The fraction of sp³-hybridized carbons (Fsp3) is 0.167. The Hall–Kier alpha value is -2.55. The molecule has 1 aliphatic carbocycles. The molecule has 0 fully saturated rings. The van der Waals surface area contributed by atoms with E-state index in [0.29, 0.717) is 0 Å². The van der Waals surface area contributed by atoms with Crippen LogP contribution in [0, 0.1) is 0 Å². The van der Waals surface area contributed by atoms with Crippen molar-refractivity contribution in [3.63, 3.8) is 0 Å². The molecule has 1 heterocycles. The second kappa shape index (κ2) is 4.77. The highest BCUT2D eigenvalue weighted by Gasteiger charge is 2.11. The maximum Gasteiger partial charge on any atom is 0.0724 e. The third kappa shape index (κ3) is 2.11. The van der Waals surface area contributed by atoms with Crippen LogP contribution >= 0.6 is 0 Å². The summed E-state index contributed by atoms with van der Waals surface area (Å²) in [6.07, 6.45) is 5.44. The summed E-state index contributed by atoms with van der Waals surface area (Å²) in [6.45, 7) is 0. The van der Waals surface area contributed by atoms with Crippen LogP contribution in [0.3, 0.4) is 0 Å². The molecule has 0 unspecified atom stereocenters. The first-order chi connectivity index (χ1) is 10.3. The quantitative estimate of drug-likeness (QED) is 0.694. The Labute approximate surface area is 123 Å². The number of nitrogens with one attached hydrogen (secondary N) is 1. The Morgan fingerprint density at radius 1 is 1.00 bits per heavy atom. The molecular weight excluding hydrogens is 258 g/mol. The number of nitrogen functional groups attached to an aromatic ring is 1. The number of aromatic nitrogens is 1. The van der Waals surface area contributed by atoms with Gasteiger partial charge in [-0.15, -0.1) is 0 Å². The van der Waals surface area contributed by atoms with Crippen LogP contribution in [0.1, 0.15) is 17.5 Å². The minimum absolute atomic E-state index is 0.751. The molecule has 2 aromatic carbocycles. The topological polar surface area (TPSA) is 50.9 Å². The van der Waals surface area contributed by atoms with E-state index in [1.165, 1.54) is 30.4 Å². The van der Waals surface area contributed by atoms with Crippen LogP contribution < -0.4 is 11.1 Å². The standard InChI is InChI=1S/C18H17N3/c19-18-15-5-2-10-20-16(15)8-9-17(18)21-14-7-6-12-3-1-4-13(12)11-14/h2,5-11,21H,1,3-4,19H2. The van der Waals surface area contributed by atoms with Crippen molar-refractivity contribution in [2.45, 2.75) is 19.3 Å². The lowest BCUT2D eigenvalue weighted by molar-refractivity contribution is 0.912. The van der Waals surface area contributed by atoms with E-state index >= 15 is 0 Å². The number of nitrogens with two attached hydrogens (primary N) is 1. The second-order valence-electron chi connectivity index (χ2n) is 5.56. The molecular formula is C18H17N3. The van der Waals surface area contributed by atoms with E-state index < -0.39 is 0 Å². The fourth-order valence-corrected chi connectivity index (χ4v) is 3.09. The molecule has 0 saturated heterocycles. The van der Waals surface area contributed by atoms with Crippen LogP contribution in [0.5, 0.6) is 0 Å². The van der Waals surface area contributed by atoms with Crippen LogP contribution in [0.25, 0.3) is 10.9 Å². The minimum Gasteiger partial charge on any atom is -0.396 e. The van der Waals surface area contributed by atoms with E-state index in [-0.39, 0.29) is 0 Å². The first kappa shape index (κ1) is 12.2. The summed E-state index contributed by atoms with van der Waals surface area (Å²) >= 11 is 0. The van der Waals surface area contributed by atoms with Gasteiger partial charge in [-0.25, -0.2) is 0 Å². The first-order valence-electron chi connectivity index (χ1n) is 7.33. The Morgan fingerprint density at radius 3 is 2.86 bits per heavy atom. The Bertz CT molecular complexity index is 824. The molecule has 0 amide bonds. The molecule has 0 atom stereocenters. The molecule has 0 spiro atoms. The van der Waals surface area contributed by atoms with Crippen molar-refractivity contribution in [2.75, 3.05) is 11.1 Å². The van der Waals surface area contributed by atoms with Crippen molar-refractivity contribution in [1.82, 2.24) is 4.98 Å². The summed E-state index contributed by atoms with van der Waals surface area (Å²) in [6, 6.07) is 14.5. The molecule has 21 heavy (non-hydrogen) atoms. The van der Waals surface area contributed by atoms with E-state index in [1.807, 2.05) is 24.3 Å². The molecule has 4 rings (SSSR count). The van der Waals surface area contributed by atoms with Gasteiger partial charge >= 0.3 is 0 Å². The Kier molecular flexibility index (Phi) is 2.78. The predicted molar refractivity (Wildman–Crippen MR) is 87.9 cm³/mol. The number of benzene rings is 2. The highest BCUT2D eigenvalue weighted by atomic mass is 14.9. The normalized spacial score (nSPS) is 13.3. The van der Waals surface area contributed by atoms with Gasteiger partial charge in [0.15, 0.2) is 0 Å². The number of fused-ring (bicyclic) bond motifs is 2. The predicted octanol–water partition coefficient (Wildman–Crippen LogP) is 4.05. The van der Waals surface area contributed by atoms with Crippen molar-refractivity contribution in [3.8, 4) is 0 Å². The molecule has 3 heteroatoms. The fourth-order valence-electron chi connectivity index (χ4n) is 3.09. The highest BCUT2D eigenvalue weighted by molar-refractivity contribution is 5.97. The van der Waals surface area contributed by atoms with Gasteiger partial charge in [-0.2, -0.15) is 0 Å². The number of hydrogen-bond donors (Lipinski definition) is 2. The number of anilines is 3. The lowest BCUT2D eigenvalue weighted by Crippen LogP contribution is -1.98. The molecule has 104 valence electrons. The van der Waals surface area contributed by atoms with Crippen molar-refractivity contribution in [3.05, 3.63) is 59.8 Å². The smallest absolute Gasteiger partial charge is 0.0724 e. The van der Waals surface area contributed by atoms with E-state index in [4.69, 9.17) is 5.73 Å². The van der Waals surface area contributed by atoms with Crippen LogP contribution in [-0.4, -0.2) is 4.98 Å². The molecule has 0 bridgehead atoms. The van der Waals surface area contributed by atoms with Crippen LogP contribution in [0.4, 0.5) is 17.1 Å². The van der Waals surface area contributed by atoms with Crippen LogP contribution in [-0.2, 0) is 12.8 Å². The average Bonchev–Trinajstić information content (AvgIpc) is 2.98. The number of rotatable bonds is 2. The lowest BCUT2D eigenvalue weighted by Gasteiger charge is -2.12. The number of hydrogen-bond acceptors (Lipinski definition) is 3. The average molecular weight is 275 g/mol. The van der Waals surface area contributed by atoms with E-state index in [9.17, 15) is 0 Å². The maximum absolute atomic E-state index is 6.28. The van der Waals surface area contributed by atoms with Gasteiger partial charge in [0.2, 0.25) is 0 Å². The summed E-state index contributed by atoms with van der Waals surface area (Å²) < 4.78 is 0. The SMILES string of the molecule is Nc1c(Nc2ccc3c(c2)CCC3)ccc2ncccc12. The summed E-state index contributed by atoms with van der Waals surface area (Å²) in [5.41, 5.74) is 12.9. The number of nitrogens with zero attached hydrogens (tertiary/aromatic N) is 1. The van der Waals surface area contributed by atoms with E-state index in [0.717, 1.165) is 28.0 Å². The molecule has 0 saturated carbocycles. The van der Waals surface area contributed by atoms with Gasteiger partial charge in [-0.1, -0.05) is 6.07 Å². The zero-order valence-electron chi connectivity index (χ0n) is 11.8. The van der Waals surface area contributed by atoms with Crippen LogP contribution in [0.2, 0.25) is 0 Å². The largest absolute Gasteiger partial charge is 0.396 e. The van der Waals surface area contributed by atoms with Crippen molar-refractivity contribution in [2.24, 2.45) is 0 Å². The van der Waals surface area contributed by atoms with Gasteiger partial charge in [0.1, 0.15) is 0 Å². The third-order valence-corrected chi connectivity index (χ3v) is 4.20. The summed E-state index contributed by atoms with van der Waals surface area (Å²) in [5, 5.41) is 4.43. The van der Waals surface area contributed by atoms with E-state index in [2.05, 4.69) is 28.5 Å². The van der Waals surface area contributed by atoms with Gasteiger partial charge in [-0.05, 0) is 66.8 Å². The molecule has 1 aliphatic rings. The molecule has 1 aromatic heterocycles. The zero-order valence-corrected chi connectivity index (χ0v) is 11.8. The molecule has 3 nitrogen and oxygen atoms in total. The van der Waals surface area contributed by atoms with Crippen molar-refractivity contribution < 1.29 is 0 Å². The summed E-state index contributed by atoms with van der Waals surface area (Å²) in [5.74, 6) is 0.